The maximum atomic E-state index is 12.4. The smallest absolute Gasteiger partial charge is 0.410 e. The second-order valence-electron chi connectivity index (χ2n) is 7.11. The summed E-state index contributed by atoms with van der Waals surface area (Å²) >= 11 is 0. The monoisotopic (exact) mass is 363 g/mol. The number of anilines is 1. The number of aromatic nitrogens is 2. The number of nitrogens with zero attached hydrogens (tertiary/aromatic N) is 5. The van der Waals surface area contributed by atoms with Crippen LogP contribution in [-0.2, 0) is 4.74 Å². The zero-order valence-electron chi connectivity index (χ0n) is 15.9. The van der Waals surface area contributed by atoms with Crippen molar-refractivity contribution in [3.63, 3.8) is 0 Å². The number of rotatable bonds is 4. The number of piperidine rings is 1. The summed E-state index contributed by atoms with van der Waals surface area (Å²) in [5.41, 5.74) is 0. The first-order valence-electron chi connectivity index (χ1n) is 9.37. The Bertz CT molecular complexity index is 596. The zero-order chi connectivity index (χ0) is 18.5. The van der Waals surface area contributed by atoms with Crippen molar-refractivity contribution in [2.45, 2.75) is 38.8 Å². The zero-order valence-corrected chi connectivity index (χ0v) is 15.9. The molecule has 0 spiro atoms. The second kappa shape index (κ2) is 8.53. The fourth-order valence-corrected chi connectivity index (χ4v) is 3.43. The lowest BCUT2D eigenvalue weighted by Gasteiger charge is -2.38. The molecule has 1 aromatic heterocycles. The van der Waals surface area contributed by atoms with Gasteiger partial charge in [0, 0.05) is 58.2 Å². The standard InChI is InChI=1S/C18H29N5O3/c1-14(2)21-8-10-23(11-9-21)18(24)26-15-4-6-22(7-5-15)16-12-19-13-17(20-16)25-3/h12-15H,4-11H2,1-3H3. The van der Waals surface area contributed by atoms with Crippen LogP contribution in [0.3, 0.4) is 0 Å². The first kappa shape index (κ1) is 18.7. The highest BCUT2D eigenvalue weighted by Crippen LogP contribution is 2.21. The van der Waals surface area contributed by atoms with Gasteiger partial charge in [-0.3, -0.25) is 9.88 Å². The largest absolute Gasteiger partial charge is 0.480 e. The second-order valence-corrected chi connectivity index (χ2v) is 7.11. The van der Waals surface area contributed by atoms with Crippen LogP contribution in [-0.4, -0.2) is 84.4 Å². The lowest BCUT2D eigenvalue weighted by molar-refractivity contribution is 0.0337. The minimum absolute atomic E-state index is 0.0274. The molecule has 2 aliphatic rings. The summed E-state index contributed by atoms with van der Waals surface area (Å²) in [7, 11) is 1.58. The highest BCUT2D eigenvalue weighted by Gasteiger charge is 2.28. The first-order chi connectivity index (χ1) is 12.6. The van der Waals surface area contributed by atoms with E-state index in [1.807, 2.05) is 4.90 Å². The van der Waals surface area contributed by atoms with Crippen LogP contribution in [0.5, 0.6) is 5.88 Å². The van der Waals surface area contributed by atoms with Crippen molar-refractivity contribution in [3.05, 3.63) is 12.4 Å². The van der Waals surface area contributed by atoms with Gasteiger partial charge in [0.05, 0.1) is 19.5 Å². The molecule has 0 radical (unpaired) electrons. The van der Waals surface area contributed by atoms with E-state index in [-0.39, 0.29) is 12.2 Å². The Morgan fingerprint density at radius 3 is 2.42 bits per heavy atom. The number of amides is 1. The Kier molecular flexibility index (Phi) is 6.13. The van der Waals surface area contributed by atoms with Crippen LogP contribution >= 0.6 is 0 Å². The van der Waals surface area contributed by atoms with Crippen LogP contribution in [0.15, 0.2) is 12.4 Å². The number of carbonyl (C=O) groups excluding carboxylic acids is 1. The average Bonchev–Trinajstić information content (AvgIpc) is 2.68. The van der Waals surface area contributed by atoms with Gasteiger partial charge in [0.25, 0.3) is 0 Å². The Morgan fingerprint density at radius 1 is 1.12 bits per heavy atom. The van der Waals surface area contributed by atoms with Crippen molar-refractivity contribution in [1.82, 2.24) is 19.8 Å². The van der Waals surface area contributed by atoms with Crippen molar-refractivity contribution in [1.29, 1.82) is 0 Å². The topological polar surface area (TPSA) is 71.0 Å². The predicted octanol–water partition coefficient (Wildman–Crippen LogP) is 1.62. The summed E-state index contributed by atoms with van der Waals surface area (Å²) in [5.74, 6) is 1.32. The minimum Gasteiger partial charge on any atom is -0.480 e. The molecule has 2 saturated heterocycles. The Labute approximate surface area is 155 Å². The summed E-state index contributed by atoms with van der Waals surface area (Å²) in [4.78, 5) is 27.4. The van der Waals surface area contributed by atoms with Crippen LogP contribution < -0.4 is 9.64 Å². The molecule has 2 aliphatic heterocycles. The molecule has 0 bridgehead atoms. The van der Waals surface area contributed by atoms with Crippen LogP contribution in [0.1, 0.15) is 26.7 Å². The number of hydrogen-bond donors (Lipinski definition) is 0. The van der Waals surface area contributed by atoms with Gasteiger partial charge >= 0.3 is 6.09 Å². The molecule has 26 heavy (non-hydrogen) atoms. The van der Waals surface area contributed by atoms with Crippen LogP contribution in [0, 0.1) is 0 Å². The predicted molar refractivity (Wildman–Crippen MR) is 98.6 cm³/mol. The van der Waals surface area contributed by atoms with E-state index in [9.17, 15) is 4.79 Å². The van der Waals surface area contributed by atoms with Crippen LogP contribution in [0.25, 0.3) is 0 Å². The summed E-state index contributed by atoms with van der Waals surface area (Å²) < 4.78 is 10.9. The highest BCUT2D eigenvalue weighted by atomic mass is 16.6. The first-order valence-corrected chi connectivity index (χ1v) is 9.37. The van der Waals surface area contributed by atoms with Gasteiger partial charge < -0.3 is 19.3 Å². The summed E-state index contributed by atoms with van der Waals surface area (Å²) in [5, 5.41) is 0. The molecule has 0 aromatic carbocycles. The molecule has 144 valence electrons. The minimum atomic E-state index is -0.173. The molecule has 3 heterocycles. The summed E-state index contributed by atoms with van der Waals surface area (Å²) in [6.45, 7) is 9.29. The lowest BCUT2D eigenvalue weighted by atomic mass is 10.1. The van der Waals surface area contributed by atoms with E-state index < -0.39 is 0 Å². The Morgan fingerprint density at radius 2 is 1.81 bits per heavy atom. The van der Waals surface area contributed by atoms with Gasteiger partial charge in [-0.15, -0.1) is 0 Å². The molecular formula is C18H29N5O3. The summed E-state index contributed by atoms with van der Waals surface area (Å²) in [6.07, 6.45) is 4.74. The van der Waals surface area contributed by atoms with E-state index in [0.717, 1.165) is 57.9 Å². The van der Waals surface area contributed by atoms with Crippen molar-refractivity contribution in [3.8, 4) is 5.88 Å². The van der Waals surface area contributed by atoms with Crippen molar-refractivity contribution >= 4 is 11.9 Å². The molecular weight excluding hydrogens is 334 g/mol. The highest BCUT2D eigenvalue weighted by molar-refractivity contribution is 5.68. The Hall–Kier alpha value is -2.09. The van der Waals surface area contributed by atoms with Gasteiger partial charge in [-0.05, 0) is 13.8 Å². The maximum Gasteiger partial charge on any atom is 0.410 e. The van der Waals surface area contributed by atoms with Gasteiger partial charge in [0.2, 0.25) is 5.88 Å². The van der Waals surface area contributed by atoms with Crippen molar-refractivity contribution in [2.24, 2.45) is 0 Å². The molecule has 2 fully saturated rings. The van der Waals surface area contributed by atoms with Crippen molar-refractivity contribution < 1.29 is 14.3 Å². The van der Waals surface area contributed by atoms with E-state index in [1.54, 1.807) is 19.5 Å². The van der Waals surface area contributed by atoms with Gasteiger partial charge in [-0.1, -0.05) is 0 Å². The van der Waals surface area contributed by atoms with Crippen LogP contribution in [0.2, 0.25) is 0 Å². The number of carbonyl (C=O) groups is 1. The molecule has 8 nitrogen and oxygen atoms in total. The quantitative estimate of drug-likeness (QED) is 0.805. The van der Waals surface area contributed by atoms with Crippen molar-refractivity contribution in [2.75, 3.05) is 51.3 Å². The van der Waals surface area contributed by atoms with E-state index in [4.69, 9.17) is 9.47 Å². The van der Waals surface area contributed by atoms with Gasteiger partial charge in [0.15, 0.2) is 5.82 Å². The number of methoxy groups -OCH3 is 1. The molecule has 0 saturated carbocycles. The van der Waals surface area contributed by atoms with E-state index >= 15 is 0 Å². The Balaban J connectivity index is 1.44. The normalized spacial score (nSPS) is 19.7. The molecule has 8 heteroatoms. The average molecular weight is 363 g/mol. The molecule has 0 N–H and O–H groups in total. The summed E-state index contributed by atoms with van der Waals surface area (Å²) in [6, 6.07) is 0.525. The molecule has 1 amide bonds. The number of hydrogen-bond acceptors (Lipinski definition) is 7. The molecule has 0 atom stereocenters. The van der Waals surface area contributed by atoms with Gasteiger partial charge in [-0.2, -0.15) is 4.98 Å². The van der Waals surface area contributed by atoms with Gasteiger partial charge in [0.1, 0.15) is 6.10 Å². The number of piperazine rings is 1. The fourth-order valence-electron chi connectivity index (χ4n) is 3.43. The van der Waals surface area contributed by atoms with E-state index in [0.29, 0.717) is 11.9 Å². The SMILES string of the molecule is COc1cncc(N2CCC(OC(=O)N3CCN(C(C)C)CC3)CC2)n1. The third kappa shape index (κ3) is 4.55. The maximum absolute atomic E-state index is 12.4. The molecule has 3 rings (SSSR count). The lowest BCUT2D eigenvalue weighted by Crippen LogP contribution is -2.51. The van der Waals surface area contributed by atoms with Gasteiger partial charge in [-0.25, -0.2) is 4.79 Å². The molecule has 0 aliphatic carbocycles. The van der Waals surface area contributed by atoms with Crippen LogP contribution in [0.4, 0.5) is 10.6 Å². The molecule has 0 unspecified atom stereocenters. The fraction of sp³-hybridized carbons (Fsp3) is 0.722. The van der Waals surface area contributed by atoms with E-state index in [1.165, 1.54) is 0 Å². The van der Waals surface area contributed by atoms with E-state index in [2.05, 4.69) is 33.6 Å². The third-order valence-corrected chi connectivity index (χ3v) is 5.15. The third-order valence-electron chi connectivity index (χ3n) is 5.15. The number of ether oxygens (including phenoxy) is 2. The molecule has 1 aromatic rings.